The Bertz CT molecular complexity index is 554. The normalized spacial score (nSPS) is 11.9. The van der Waals surface area contributed by atoms with Crippen LogP contribution in [0.4, 0.5) is 14.5 Å². The van der Waals surface area contributed by atoms with Gasteiger partial charge >= 0.3 is 0 Å². The van der Waals surface area contributed by atoms with Crippen LogP contribution in [0.2, 0.25) is 0 Å². The van der Waals surface area contributed by atoms with Crippen molar-refractivity contribution in [1.29, 1.82) is 0 Å². The van der Waals surface area contributed by atoms with Gasteiger partial charge in [0, 0.05) is 19.3 Å². The van der Waals surface area contributed by atoms with Crippen molar-refractivity contribution in [3.8, 4) is 0 Å². The second-order valence-corrected chi connectivity index (χ2v) is 6.26. The van der Waals surface area contributed by atoms with Crippen LogP contribution in [0.5, 0.6) is 0 Å². The number of alkyl halides is 2. The molecule has 0 aromatic heterocycles. The molecule has 0 spiro atoms. The molecule has 0 aliphatic rings. The Balaban J connectivity index is 2.75. The van der Waals surface area contributed by atoms with E-state index in [4.69, 9.17) is 0 Å². The molecule has 5 nitrogen and oxygen atoms in total. The van der Waals surface area contributed by atoms with E-state index in [-0.39, 0.29) is 18.0 Å². The van der Waals surface area contributed by atoms with Gasteiger partial charge in [-0.15, -0.1) is 0 Å². The molecule has 0 atom stereocenters. The largest absolute Gasteiger partial charge is 0.388 e. The molecule has 1 rings (SSSR count). The first-order valence-electron chi connectivity index (χ1n) is 6.42. The smallest absolute Gasteiger partial charge is 0.261 e. The minimum atomic E-state index is -3.69. The molecular formula is C13H20F2N2O3S. The van der Waals surface area contributed by atoms with Crippen LogP contribution in [-0.2, 0) is 14.8 Å². The third-order valence-electron chi connectivity index (χ3n) is 2.80. The zero-order valence-electron chi connectivity index (χ0n) is 12.2. The lowest BCUT2D eigenvalue weighted by molar-refractivity contribution is 0.0199. The minimum absolute atomic E-state index is 0.0539. The van der Waals surface area contributed by atoms with Crippen LogP contribution in [0.25, 0.3) is 0 Å². The Hall–Kier alpha value is -1.25. The first-order chi connectivity index (χ1) is 9.77. The summed E-state index contributed by atoms with van der Waals surface area (Å²) in [5.41, 5.74) is 2.05. The third-order valence-corrected chi connectivity index (χ3v) is 4.57. The zero-order valence-corrected chi connectivity index (χ0v) is 13.1. The van der Waals surface area contributed by atoms with Crippen molar-refractivity contribution in [2.45, 2.75) is 25.2 Å². The molecule has 2 N–H and O–H groups in total. The van der Waals surface area contributed by atoms with E-state index < -0.39 is 23.1 Å². The lowest BCUT2D eigenvalue weighted by Gasteiger charge is -2.14. The summed E-state index contributed by atoms with van der Waals surface area (Å²) in [7, 11) is -1.94. The number of benzene rings is 1. The van der Waals surface area contributed by atoms with Crippen LogP contribution in [0.3, 0.4) is 0 Å². The molecule has 0 aliphatic heterocycles. The van der Waals surface area contributed by atoms with E-state index in [1.54, 1.807) is 33.0 Å². The SMILES string of the molecule is CNc1cc(C)c(S(=O)(=O)NCCOCC(F)F)c(C)c1. The van der Waals surface area contributed by atoms with Gasteiger partial charge < -0.3 is 10.1 Å². The maximum atomic E-state index is 12.2. The van der Waals surface area contributed by atoms with Crippen molar-refractivity contribution >= 4 is 15.7 Å². The molecule has 0 heterocycles. The number of ether oxygens (including phenoxy) is 1. The maximum Gasteiger partial charge on any atom is 0.261 e. The van der Waals surface area contributed by atoms with Gasteiger partial charge in [-0.25, -0.2) is 21.9 Å². The van der Waals surface area contributed by atoms with Gasteiger partial charge in [-0.3, -0.25) is 0 Å². The molecule has 0 aliphatic carbocycles. The van der Waals surface area contributed by atoms with Crippen molar-refractivity contribution in [1.82, 2.24) is 4.72 Å². The zero-order chi connectivity index (χ0) is 16.0. The van der Waals surface area contributed by atoms with Gasteiger partial charge in [-0.05, 0) is 37.1 Å². The van der Waals surface area contributed by atoms with Gasteiger partial charge in [0.05, 0.1) is 11.5 Å². The Morgan fingerprint density at radius 1 is 1.24 bits per heavy atom. The first-order valence-corrected chi connectivity index (χ1v) is 7.91. The Morgan fingerprint density at radius 2 is 1.81 bits per heavy atom. The van der Waals surface area contributed by atoms with Crippen molar-refractivity contribution in [2.24, 2.45) is 0 Å². The number of anilines is 1. The molecule has 21 heavy (non-hydrogen) atoms. The standard InChI is InChI=1S/C13H20F2N2O3S/c1-9-6-11(16-3)7-10(2)13(9)21(18,19)17-4-5-20-8-12(14)15/h6-7,12,16-17H,4-5,8H2,1-3H3. The number of halogens is 2. The minimum Gasteiger partial charge on any atom is -0.388 e. The number of hydrogen-bond donors (Lipinski definition) is 2. The Morgan fingerprint density at radius 3 is 2.29 bits per heavy atom. The lowest BCUT2D eigenvalue weighted by atomic mass is 10.1. The molecule has 0 amide bonds. The van der Waals surface area contributed by atoms with Gasteiger partial charge in [-0.2, -0.15) is 0 Å². The highest BCUT2D eigenvalue weighted by Gasteiger charge is 2.19. The summed E-state index contributed by atoms with van der Waals surface area (Å²) in [5, 5.41) is 2.95. The molecule has 0 fully saturated rings. The highest BCUT2D eigenvalue weighted by atomic mass is 32.2. The van der Waals surface area contributed by atoms with E-state index in [0.717, 1.165) is 5.69 Å². The average Bonchev–Trinajstić information content (AvgIpc) is 2.36. The number of rotatable bonds is 8. The van der Waals surface area contributed by atoms with E-state index in [2.05, 4.69) is 14.8 Å². The number of sulfonamides is 1. The third kappa shape index (κ3) is 5.22. The summed E-state index contributed by atoms with van der Waals surface area (Å²) in [4.78, 5) is 0.204. The van der Waals surface area contributed by atoms with Crippen LogP contribution in [0.1, 0.15) is 11.1 Å². The van der Waals surface area contributed by atoms with E-state index in [9.17, 15) is 17.2 Å². The molecule has 0 unspecified atom stereocenters. The predicted molar refractivity (Wildman–Crippen MR) is 77.5 cm³/mol. The predicted octanol–water partition coefficient (Wildman–Crippen LogP) is 1.91. The number of hydrogen-bond acceptors (Lipinski definition) is 4. The van der Waals surface area contributed by atoms with Gasteiger partial charge in [-0.1, -0.05) is 0 Å². The van der Waals surface area contributed by atoms with Crippen LogP contribution < -0.4 is 10.0 Å². The van der Waals surface area contributed by atoms with Crippen molar-refractivity contribution in [2.75, 3.05) is 32.1 Å². The highest BCUT2D eigenvalue weighted by molar-refractivity contribution is 7.89. The number of aryl methyl sites for hydroxylation is 2. The van der Waals surface area contributed by atoms with E-state index in [1.807, 2.05) is 0 Å². The van der Waals surface area contributed by atoms with E-state index in [0.29, 0.717) is 11.1 Å². The highest BCUT2D eigenvalue weighted by Crippen LogP contribution is 2.23. The van der Waals surface area contributed by atoms with E-state index >= 15 is 0 Å². The molecule has 8 heteroatoms. The summed E-state index contributed by atoms with van der Waals surface area (Å²) in [6.07, 6.45) is -2.56. The molecule has 0 radical (unpaired) electrons. The van der Waals surface area contributed by atoms with Gasteiger partial charge in [0.1, 0.15) is 6.61 Å². The maximum absolute atomic E-state index is 12.2. The van der Waals surface area contributed by atoms with Crippen LogP contribution in [-0.4, -0.2) is 41.6 Å². The fourth-order valence-corrected chi connectivity index (χ4v) is 3.47. The molecule has 1 aromatic rings. The summed E-state index contributed by atoms with van der Waals surface area (Å²) >= 11 is 0. The van der Waals surface area contributed by atoms with Crippen LogP contribution >= 0.6 is 0 Å². The Labute approximate surface area is 123 Å². The molecule has 0 bridgehead atoms. The van der Waals surface area contributed by atoms with Crippen molar-refractivity contribution in [3.05, 3.63) is 23.3 Å². The topological polar surface area (TPSA) is 67.4 Å². The summed E-state index contributed by atoms with van der Waals surface area (Å²) in [5.74, 6) is 0. The van der Waals surface area contributed by atoms with Crippen molar-refractivity contribution < 1.29 is 21.9 Å². The van der Waals surface area contributed by atoms with Gasteiger partial charge in [0.25, 0.3) is 6.43 Å². The average molecular weight is 322 g/mol. The molecule has 0 saturated heterocycles. The molecular weight excluding hydrogens is 302 g/mol. The van der Waals surface area contributed by atoms with Gasteiger partial charge in [0.2, 0.25) is 10.0 Å². The second kappa shape index (κ2) is 7.67. The molecule has 1 aromatic carbocycles. The van der Waals surface area contributed by atoms with Crippen LogP contribution in [0.15, 0.2) is 17.0 Å². The first kappa shape index (κ1) is 17.8. The lowest BCUT2D eigenvalue weighted by Crippen LogP contribution is -2.29. The quantitative estimate of drug-likeness (QED) is 0.718. The van der Waals surface area contributed by atoms with E-state index in [1.165, 1.54) is 0 Å². The fraction of sp³-hybridized carbons (Fsp3) is 0.538. The molecule has 0 saturated carbocycles. The van der Waals surface area contributed by atoms with Crippen LogP contribution in [0, 0.1) is 13.8 Å². The van der Waals surface area contributed by atoms with Gasteiger partial charge in [0.15, 0.2) is 0 Å². The monoisotopic (exact) mass is 322 g/mol. The summed E-state index contributed by atoms with van der Waals surface area (Å²) < 4.78 is 55.2. The van der Waals surface area contributed by atoms with Crippen molar-refractivity contribution in [3.63, 3.8) is 0 Å². The molecule has 120 valence electrons. The number of nitrogens with one attached hydrogen (secondary N) is 2. The Kier molecular flexibility index (Phi) is 6.50. The summed E-state index contributed by atoms with van der Waals surface area (Å²) in [6, 6.07) is 3.46. The second-order valence-electron chi connectivity index (χ2n) is 4.55. The summed E-state index contributed by atoms with van der Waals surface area (Å²) in [6.45, 7) is 2.56. The fourth-order valence-electron chi connectivity index (χ4n) is 2.01.